The van der Waals surface area contributed by atoms with Gasteiger partial charge in [-0.2, -0.15) is 0 Å². The van der Waals surface area contributed by atoms with Gasteiger partial charge in [-0.1, -0.05) is 0 Å². The number of morpholine rings is 1. The van der Waals surface area contributed by atoms with E-state index in [1.807, 2.05) is 6.92 Å². The smallest absolute Gasteiger partial charge is 0.336 e. The first-order valence-corrected chi connectivity index (χ1v) is 7.44. The molecule has 0 radical (unpaired) electrons. The van der Waals surface area contributed by atoms with Crippen molar-refractivity contribution in [3.05, 3.63) is 20.8 Å². The number of halogens is 1. The third kappa shape index (κ3) is 3.54. The van der Waals surface area contributed by atoms with Gasteiger partial charge < -0.3 is 9.47 Å². The molecule has 2 rings (SSSR count). The Labute approximate surface area is 119 Å². The van der Waals surface area contributed by atoms with Crippen LogP contribution in [0.2, 0.25) is 0 Å². The van der Waals surface area contributed by atoms with Crippen LogP contribution in [-0.2, 0) is 20.8 Å². The van der Waals surface area contributed by atoms with Crippen molar-refractivity contribution in [1.29, 1.82) is 0 Å². The minimum absolute atomic E-state index is 0.0475. The summed E-state index contributed by atoms with van der Waals surface area (Å²) in [5.74, 6) is -0.293. The fraction of sp³-hybridized carbons (Fsp3) is 0.583. The summed E-state index contributed by atoms with van der Waals surface area (Å²) in [5, 5.41) is 2.07. The maximum absolute atomic E-state index is 11.5. The number of methoxy groups -OCH3 is 1. The van der Waals surface area contributed by atoms with Crippen molar-refractivity contribution < 1.29 is 14.3 Å². The lowest BCUT2D eigenvalue weighted by Crippen LogP contribution is -2.49. The SMILES string of the molecule is COC(=O)C1CN(Cc2cc(Br)cs2)C[C@@H](C)O1. The van der Waals surface area contributed by atoms with E-state index in [1.54, 1.807) is 11.3 Å². The molecule has 1 aliphatic rings. The molecule has 0 aliphatic carbocycles. The summed E-state index contributed by atoms with van der Waals surface area (Å²) in [4.78, 5) is 15.0. The van der Waals surface area contributed by atoms with Crippen LogP contribution in [0.1, 0.15) is 11.8 Å². The molecule has 100 valence electrons. The molecule has 1 unspecified atom stereocenters. The van der Waals surface area contributed by atoms with Gasteiger partial charge in [-0.3, -0.25) is 4.90 Å². The highest BCUT2D eigenvalue weighted by molar-refractivity contribution is 9.10. The van der Waals surface area contributed by atoms with E-state index in [2.05, 4.69) is 32.3 Å². The average molecular weight is 334 g/mol. The van der Waals surface area contributed by atoms with Crippen LogP contribution in [0.3, 0.4) is 0 Å². The van der Waals surface area contributed by atoms with E-state index < -0.39 is 6.10 Å². The molecule has 2 heterocycles. The number of rotatable bonds is 3. The Balaban J connectivity index is 1.98. The first kappa shape index (κ1) is 14.0. The highest BCUT2D eigenvalue weighted by atomic mass is 79.9. The Hall–Kier alpha value is -0.430. The van der Waals surface area contributed by atoms with E-state index in [1.165, 1.54) is 12.0 Å². The predicted molar refractivity (Wildman–Crippen MR) is 73.6 cm³/mol. The van der Waals surface area contributed by atoms with Gasteiger partial charge in [0, 0.05) is 34.4 Å². The van der Waals surface area contributed by atoms with E-state index in [9.17, 15) is 4.79 Å². The number of ether oxygens (including phenoxy) is 2. The van der Waals surface area contributed by atoms with Gasteiger partial charge >= 0.3 is 5.97 Å². The predicted octanol–water partition coefficient (Wildman–Crippen LogP) is 2.27. The van der Waals surface area contributed by atoms with Crippen LogP contribution in [0.5, 0.6) is 0 Å². The summed E-state index contributed by atoms with van der Waals surface area (Å²) in [5.41, 5.74) is 0. The van der Waals surface area contributed by atoms with Gasteiger partial charge in [0.25, 0.3) is 0 Å². The molecule has 1 saturated heterocycles. The van der Waals surface area contributed by atoms with Gasteiger partial charge in [0.05, 0.1) is 13.2 Å². The fourth-order valence-electron chi connectivity index (χ4n) is 2.09. The Bertz CT molecular complexity index is 423. The van der Waals surface area contributed by atoms with Crippen LogP contribution in [0, 0.1) is 0 Å². The molecule has 4 nitrogen and oxygen atoms in total. The van der Waals surface area contributed by atoms with E-state index in [0.29, 0.717) is 6.54 Å². The minimum Gasteiger partial charge on any atom is -0.467 e. The van der Waals surface area contributed by atoms with Crippen LogP contribution < -0.4 is 0 Å². The molecule has 6 heteroatoms. The number of hydrogen-bond donors (Lipinski definition) is 0. The molecule has 0 N–H and O–H groups in total. The quantitative estimate of drug-likeness (QED) is 0.795. The summed E-state index contributed by atoms with van der Waals surface area (Å²) >= 11 is 5.16. The van der Waals surface area contributed by atoms with Crippen LogP contribution in [0.15, 0.2) is 15.9 Å². The molecule has 1 aliphatic heterocycles. The van der Waals surface area contributed by atoms with E-state index in [-0.39, 0.29) is 12.1 Å². The molecular weight excluding hydrogens is 318 g/mol. The Morgan fingerprint density at radius 1 is 1.67 bits per heavy atom. The number of esters is 1. The standard InChI is InChI=1S/C12H16BrNO3S/c1-8-4-14(5-10-3-9(13)7-18-10)6-11(17-8)12(15)16-2/h3,7-8,11H,4-6H2,1-2H3/t8-,11?/m1/s1. The zero-order chi connectivity index (χ0) is 13.1. The topological polar surface area (TPSA) is 38.8 Å². The van der Waals surface area contributed by atoms with E-state index >= 15 is 0 Å². The zero-order valence-electron chi connectivity index (χ0n) is 10.4. The summed E-state index contributed by atoms with van der Waals surface area (Å²) in [6.07, 6.45) is -0.423. The lowest BCUT2D eigenvalue weighted by Gasteiger charge is -2.35. The number of nitrogens with zero attached hydrogens (tertiary/aromatic N) is 1. The number of carbonyl (C=O) groups excluding carboxylic acids is 1. The third-order valence-corrected chi connectivity index (χ3v) is 4.48. The summed E-state index contributed by atoms with van der Waals surface area (Å²) in [6.45, 7) is 4.25. The molecular formula is C12H16BrNO3S. The molecule has 0 spiro atoms. The second-order valence-corrected chi connectivity index (χ2v) is 6.30. The van der Waals surface area contributed by atoms with Crippen molar-refractivity contribution >= 4 is 33.2 Å². The molecule has 0 saturated carbocycles. The highest BCUT2D eigenvalue weighted by Crippen LogP contribution is 2.23. The van der Waals surface area contributed by atoms with Crippen molar-refractivity contribution in [3.63, 3.8) is 0 Å². The zero-order valence-corrected chi connectivity index (χ0v) is 12.8. The number of thiophene rings is 1. The number of hydrogen-bond acceptors (Lipinski definition) is 5. The normalized spacial score (nSPS) is 25.1. The molecule has 2 atom stereocenters. The highest BCUT2D eigenvalue weighted by Gasteiger charge is 2.31. The van der Waals surface area contributed by atoms with Gasteiger partial charge in [-0.05, 0) is 28.9 Å². The molecule has 1 fully saturated rings. The molecule has 1 aromatic heterocycles. The largest absolute Gasteiger partial charge is 0.467 e. The lowest BCUT2D eigenvalue weighted by molar-refractivity contribution is -0.166. The second kappa shape index (κ2) is 6.14. The number of carbonyl (C=O) groups is 1. The third-order valence-electron chi connectivity index (χ3n) is 2.80. The van der Waals surface area contributed by atoms with Crippen LogP contribution >= 0.6 is 27.3 Å². The van der Waals surface area contributed by atoms with Crippen LogP contribution in [-0.4, -0.2) is 43.3 Å². The molecule has 0 amide bonds. The van der Waals surface area contributed by atoms with Crippen molar-refractivity contribution in [3.8, 4) is 0 Å². The Morgan fingerprint density at radius 2 is 2.44 bits per heavy atom. The van der Waals surface area contributed by atoms with Crippen molar-refractivity contribution in [2.75, 3.05) is 20.2 Å². The van der Waals surface area contributed by atoms with Crippen LogP contribution in [0.25, 0.3) is 0 Å². The first-order valence-electron chi connectivity index (χ1n) is 5.77. The molecule has 0 aromatic carbocycles. The van der Waals surface area contributed by atoms with Crippen LogP contribution in [0.4, 0.5) is 0 Å². The summed E-state index contributed by atoms with van der Waals surface area (Å²) in [7, 11) is 1.39. The van der Waals surface area contributed by atoms with Gasteiger partial charge in [-0.25, -0.2) is 4.79 Å². The van der Waals surface area contributed by atoms with Crippen molar-refractivity contribution in [2.45, 2.75) is 25.7 Å². The lowest BCUT2D eigenvalue weighted by atomic mass is 10.2. The summed E-state index contributed by atoms with van der Waals surface area (Å²) < 4.78 is 11.4. The van der Waals surface area contributed by atoms with Gasteiger partial charge in [0.15, 0.2) is 6.10 Å². The maximum atomic E-state index is 11.5. The molecule has 18 heavy (non-hydrogen) atoms. The van der Waals surface area contributed by atoms with Gasteiger partial charge in [-0.15, -0.1) is 11.3 Å². The average Bonchev–Trinajstić information content (AvgIpc) is 2.73. The van der Waals surface area contributed by atoms with Gasteiger partial charge in [0.2, 0.25) is 0 Å². The van der Waals surface area contributed by atoms with Crippen molar-refractivity contribution in [2.24, 2.45) is 0 Å². The maximum Gasteiger partial charge on any atom is 0.336 e. The minimum atomic E-state index is -0.470. The van der Waals surface area contributed by atoms with E-state index in [0.717, 1.165) is 17.6 Å². The molecule has 1 aromatic rings. The van der Waals surface area contributed by atoms with Crippen molar-refractivity contribution in [1.82, 2.24) is 4.90 Å². The second-order valence-electron chi connectivity index (χ2n) is 4.38. The first-order chi connectivity index (χ1) is 8.58. The molecule has 0 bridgehead atoms. The monoisotopic (exact) mass is 333 g/mol. The van der Waals surface area contributed by atoms with E-state index in [4.69, 9.17) is 9.47 Å². The Kier molecular flexibility index (Phi) is 4.77. The Morgan fingerprint density at radius 3 is 3.06 bits per heavy atom. The summed E-state index contributed by atoms with van der Waals surface area (Å²) in [6, 6.07) is 2.11. The van der Waals surface area contributed by atoms with Gasteiger partial charge in [0.1, 0.15) is 0 Å². The fourth-order valence-corrected chi connectivity index (χ4v) is 3.58.